The number of hydrogen-bond donors (Lipinski definition) is 1. The summed E-state index contributed by atoms with van der Waals surface area (Å²) in [6, 6.07) is 8.22. The number of fused-ring (bicyclic) bond motifs is 1. The Morgan fingerprint density at radius 2 is 2.05 bits per heavy atom. The third-order valence-corrected chi connectivity index (χ3v) is 3.77. The highest BCUT2D eigenvalue weighted by molar-refractivity contribution is 5.82. The molecule has 2 heterocycles. The molecule has 1 atom stereocenters. The molecule has 6 heteroatoms. The summed E-state index contributed by atoms with van der Waals surface area (Å²) in [6.45, 7) is 2.70. The van der Waals surface area contributed by atoms with Crippen LogP contribution in [0.4, 0.5) is 5.82 Å². The van der Waals surface area contributed by atoms with Crippen LogP contribution < -0.4 is 5.32 Å². The van der Waals surface area contributed by atoms with Crippen molar-refractivity contribution in [1.82, 2.24) is 19.5 Å². The second kappa shape index (κ2) is 6.11. The standard InChI is InChI=1S/C16H19N5O/c1-11-6-4-5-7-12(11)13(22-3)8-17-15-14-16(19-9-18-15)21(2)10-20-14/h4-7,9-10,13H,8H2,1-3H3,(H,17,18,19). The van der Waals surface area contributed by atoms with Crippen molar-refractivity contribution in [3.63, 3.8) is 0 Å². The maximum absolute atomic E-state index is 5.62. The van der Waals surface area contributed by atoms with Crippen LogP contribution in [0, 0.1) is 6.92 Å². The summed E-state index contributed by atoms with van der Waals surface area (Å²) in [5.74, 6) is 0.723. The van der Waals surface area contributed by atoms with E-state index in [9.17, 15) is 0 Å². The molecule has 6 nitrogen and oxygen atoms in total. The molecule has 1 unspecified atom stereocenters. The lowest BCUT2D eigenvalue weighted by Crippen LogP contribution is -2.16. The van der Waals surface area contributed by atoms with Gasteiger partial charge in [-0.1, -0.05) is 24.3 Å². The number of rotatable bonds is 5. The van der Waals surface area contributed by atoms with Gasteiger partial charge in [0.2, 0.25) is 0 Å². The number of methoxy groups -OCH3 is 1. The Labute approximate surface area is 129 Å². The number of anilines is 1. The van der Waals surface area contributed by atoms with Crippen molar-refractivity contribution in [1.29, 1.82) is 0 Å². The Hall–Kier alpha value is -2.47. The molecule has 3 rings (SSSR count). The highest BCUT2D eigenvalue weighted by Crippen LogP contribution is 2.22. The first-order valence-corrected chi connectivity index (χ1v) is 7.15. The number of aryl methyl sites for hydroxylation is 2. The van der Waals surface area contributed by atoms with Gasteiger partial charge in [-0.3, -0.25) is 0 Å². The van der Waals surface area contributed by atoms with Crippen LogP contribution >= 0.6 is 0 Å². The Morgan fingerprint density at radius 3 is 2.82 bits per heavy atom. The van der Waals surface area contributed by atoms with E-state index in [0.717, 1.165) is 17.0 Å². The Balaban J connectivity index is 1.82. The largest absolute Gasteiger partial charge is 0.375 e. The zero-order valence-electron chi connectivity index (χ0n) is 12.9. The summed E-state index contributed by atoms with van der Waals surface area (Å²) in [5, 5.41) is 3.33. The molecule has 22 heavy (non-hydrogen) atoms. The van der Waals surface area contributed by atoms with E-state index in [1.165, 1.54) is 11.1 Å². The van der Waals surface area contributed by atoms with Gasteiger partial charge < -0.3 is 14.6 Å². The molecule has 114 valence electrons. The molecule has 0 fully saturated rings. The van der Waals surface area contributed by atoms with Crippen LogP contribution in [0.2, 0.25) is 0 Å². The molecule has 3 aromatic rings. The average Bonchev–Trinajstić information content (AvgIpc) is 2.92. The quantitative estimate of drug-likeness (QED) is 0.783. The van der Waals surface area contributed by atoms with Gasteiger partial charge >= 0.3 is 0 Å². The van der Waals surface area contributed by atoms with Crippen LogP contribution in [0.5, 0.6) is 0 Å². The van der Waals surface area contributed by atoms with Gasteiger partial charge in [0.25, 0.3) is 0 Å². The van der Waals surface area contributed by atoms with E-state index in [1.54, 1.807) is 19.8 Å². The first kappa shape index (κ1) is 14.5. The number of ether oxygens (including phenoxy) is 1. The molecule has 1 N–H and O–H groups in total. The fraction of sp³-hybridized carbons (Fsp3) is 0.312. The van der Waals surface area contributed by atoms with Crippen molar-refractivity contribution in [2.75, 3.05) is 19.0 Å². The molecular weight excluding hydrogens is 278 g/mol. The van der Waals surface area contributed by atoms with Crippen molar-refractivity contribution < 1.29 is 4.74 Å². The van der Waals surface area contributed by atoms with E-state index in [0.29, 0.717) is 6.54 Å². The highest BCUT2D eigenvalue weighted by atomic mass is 16.5. The van der Waals surface area contributed by atoms with Gasteiger partial charge in [-0.05, 0) is 18.1 Å². The normalized spacial score (nSPS) is 12.5. The monoisotopic (exact) mass is 297 g/mol. The van der Waals surface area contributed by atoms with E-state index >= 15 is 0 Å². The predicted molar refractivity (Wildman–Crippen MR) is 85.7 cm³/mol. The van der Waals surface area contributed by atoms with Crippen LogP contribution in [0.3, 0.4) is 0 Å². The van der Waals surface area contributed by atoms with Gasteiger partial charge in [0.1, 0.15) is 11.8 Å². The molecular formula is C16H19N5O. The molecule has 0 radical (unpaired) electrons. The fourth-order valence-corrected chi connectivity index (χ4v) is 2.53. The Morgan fingerprint density at radius 1 is 1.23 bits per heavy atom. The lowest BCUT2D eigenvalue weighted by Gasteiger charge is -2.18. The molecule has 0 aliphatic rings. The summed E-state index contributed by atoms with van der Waals surface area (Å²) < 4.78 is 7.50. The minimum atomic E-state index is -0.0464. The molecule has 0 bridgehead atoms. The zero-order chi connectivity index (χ0) is 15.5. The van der Waals surface area contributed by atoms with Crippen LogP contribution in [0.15, 0.2) is 36.9 Å². The van der Waals surface area contributed by atoms with Gasteiger partial charge in [0, 0.05) is 20.7 Å². The average molecular weight is 297 g/mol. The molecule has 0 spiro atoms. The lowest BCUT2D eigenvalue weighted by atomic mass is 10.0. The SMILES string of the molecule is COC(CNc1ncnc2c1ncn2C)c1ccccc1C. The Kier molecular flexibility index (Phi) is 4.02. The minimum absolute atomic E-state index is 0.0464. The summed E-state index contributed by atoms with van der Waals surface area (Å²) in [5.41, 5.74) is 3.96. The molecule has 2 aromatic heterocycles. The topological polar surface area (TPSA) is 64.9 Å². The van der Waals surface area contributed by atoms with E-state index in [-0.39, 0.29) is 6.10 Å². The molecule has 0 saturated heterocycles. The van der Waals surface area contributed by atoms with Crippen molar-refractivity contribution in [2.24, 2.45) is 7.05 Å². The van der Waals surface area contributed by atoms with Gasteiger partial charge in [-0.25, -0.2) is 15.0 Å². The van der Waals surface area contributed by atoms with Gasteiger partial charge in [-0.2, -0.15) is 0 Å². The van der Waals surface area contributed by atoms with Gasteiger partial charge in [0.15, 0.2) is 11.5 Å². The number of hydrogen-bond acceptors (Lipinski definition) is 5. The van der Waals surface area contributed by atoms with Crippen molar-refractivity contribution in [2.45, 2.75) is 13.0 Å². The van der Waals surface area contributed by atoms with E-state index < -0.39 is 0 Å². The number of nitrogens with zero attached hydrogens (tertiary/aromatic N) is 4. The van der Waals surface area contributed by atoms with Gasteiger partial charge in [0.05, 0.1) is 12.4 Å². The minimum Gasteiger partial charge on any atom is -0.375 e. The summed E-state index contributed by atoms with van der Waals surface area (Å²) in [7, 11) is 3.63. The summed E-state index contributed by atoms with van der Waals surface area (Å²) >= 11 is 0. The van der Waals surface area contributed by atoms with Gasteiger partial charge in [-0.15, -0.1) is 0 Å². The molecule has 0 saturated carbocycles. The third kappa shape index (κ3) is 2.65. The highest BCUT2D eigenvalue weighted by Gasteiger charge is 2.14. The second-order valence-electron chi connectivity index (χ2n) is 5.21. The van der Waals surface area contributed by atoms with Crippen LogP contribution in [0.25, 0.3) is 11.2 Å². The molecule has 0 aliphatic carbocycles. The number of aromatic nitrogens is 4. The van der Waals surface area contributed by atoms with Crippen LogP contribution in [-0.2, 0) is 11.8 Å². The van der Waals surface area contributed by atoms with E-state index in [1.807, 2.05) is 23.7 Å². The first-order chi connectivity index (χ1) is 10.7. The summed E-state index contributed by atoms with van der Waals surface area (Å²) in [6.07, 6.45) is 3.23. The maximum atomic E-state index is 5.62. The number of nitrogens with one attached hydrogen (secondary N) is 1. The van der Waals surface area contributed by atoms with Crippen molar-refractivity contribution in [3.05, 3.63) is 48.0 Å². The van der Waals surface area contributed by atoms with E-state index in [2.05, 4.69) is 39.3 Å². The molecule has 1 aromatic carbocycles. The molecule has 0 aliphatic heterocycles. The van der Waals surface area contributed by atoms with E-state index in [4.69, 9.17) is 4.74 Å². The smallest absolute Gasteiger partial charge is 0.165 e. The molecule has 0 amide bonds. The van der Waals surface area contributed by atoms with Crippen LogP contribution in [-0.4, -0.2) is 33.2 Å². The second-order valence-corrected chi connectivity index (χ2v) is 5.21. The number of benzene rings is 1. The van der Waals surface area contributed by atoms with Crippen molar-refractivity contribution >= 4 is 17.0 Å². The maximum Gasteiger partial charge on any atom is 0.165 e. The van der Waals surface area contributed by atoms with Crippen molar-refractivity contribution in [3.8, 4) is 0 Å². The lowest BCUT2D eigenvalue weighted by molar-refractivity contribution is 0.113. The zero-order valence-corrected chi connectivity index (χ0v) is 12.9. The Bertz CT molecular complexity index is 783. The number of imidazole rings is 1. The van der Waals surface area contributed by atoms with Crippen LogP contribution in [0.1, 0.15) is 17.2 Å². The summed E-state index contributed by atoms with van der Waals surface area (Å²) in [4.78, 5) is 12.9. The first-order valence-electron chi connectivity index (χ1n) is 7.15. The fourth-order valence-electron chi connectivity index (χ4n) is 2.53. The predicted octanol–water partition coefficient (Wildman–Crippen LogP) is 2.47. The third-order valence-electron chi connectivity index (χ3n) is 3.77.